The third-order valence-corrected chi connectivity index (χ3v) is 3.40. The van der Waals surface area contributed by atoms with Gasteiger partial charge in [0, 0.05) is 12.0 Å². The first-order valence-corrected chi connectivity index (χ1v) is 6.18. The van der Waals surface area contributed by atoms with Crippen LogP contribution in [0, 0.1) is 5.82 Å². The van der Waals surface area contributed by atoms with Crippen LogP contribution >= 0.6 is 0 Å². The molecule has 1 aliphatic rings. The molecule has 2 aromatic rings. The molecular formula is C13H15FN2O2. The number of benzene rings is 1. The van der Waals surface area contributed by atoms with Gasteiger partial charge in [0.15, 0.2) is 6.23 Å². The van der Waals surface area contributed by atoms with Crippen LogP contribution in [0.2, 0.25) is 0 Å². The van der Waals surface area contributed by atoms with Gasteiger partial charge in [-0.15, -0.1) is 0 Å². The van der Waals surface area contributed by atoms with Crippen LogP contribution in [0.25, 0.3) is 10.9 Å². The van der Waals surface area contributed by atoms with Gasteiger partial charge in [0.2, 0.25) is 0 Å². The third kappa shape index (κ3) is 1.79. The van der Waals surface area contributed by atoms with Gasteiger partial charge in [0.25, 0.3) is 0 Å². The van der Waals surface area contributed by atoms with Gasteiger partial charge in [-0.05, 0) is 30.9 Å². The van der Waals surface area contributed by atoms with Crippen molar-refractivity contribution in [1.29, 1.82) is 0 Å². The van der Waals surface area contributed by atoms with Crippen LogP contribution in [-0.2, 0) is 11.3 Å². The number of nitrogens with zero attached hydrogens (tertiary/aromatic N) is 2. The van der Waals surface area contributed by atoms with Crippen molar-refractivity contribution in [3.63, 3.8) is 0 Å². The second kappa shape index (κ2) is 4.66. The molecule has 1 aromatic carbocycles. The van der Waals surface area contributed by atoms with Gasteiger partial charge in [0.05, 0.1) is 12.8 Å². The molecule has 0 amide bonds. The van der Waals surface area contributed by atoms with E-state index < -0.39 is 0 Å². The number of hydrogen-bond acceptors (Lipinski definition) is 3. The van der Waals surface area contributed by atoms with E-state index in [9.17, 15) is 9.50 Å². The maximum Gasteiger partial charge on any atom is 0.150 e. The standard InChI is InChI=1S/C13H15FN2O2/c14-11-5-4-9(8-17)10-7-15-16(13(10)11)12-3-1-2-6-18-12/h4-5,7,12,17H,1-3,6,8H2. The van der Waals surface area contributed by atoms with Crippen molar-refractivity contribution in [3.8, 4) is 0 Å². The molecule has 18 heavy (non-hydrogen) atoms. The lowest BCUT2D eigenvalue weighted by Crippen LogP contribution is -2.19. The van der Waals surface area contributed by atoms with Gasteiger partial charge in [-0.25, -0.2) is 9.07 Å². The molecule has 0 aliphatic carbocycles. The second-order valence-electron chi connectivity index (χ2n) is 4.54. The molecule has 1 atom stereocenters. The highest BCUT2D eigenvalue weighted by atomic mass is 19.1. The van der Waals surface area contributed by atoms with Gasteiger partial charge >= 0.3 is 0 Å². The lowest BCUT2D eigenvalue weighted by Gasteiger charge is -2.23. The summed E-state index contributed by atoms with van der Waals surface area (Å²) in [7, 11) is 0. The van der Waals surface area contributed by atoms with E-state index >= 15 is 0 Å². The highest BCUT2D eigenvalue weighted by Gasteiger charge is 2.21. The largest absolute Gasteiger partial charge is 0.392 e. The average Bonchev–Trinajstić information content (AvgIpc) is 2.86. The Morgan fingerprint density at radius 1 is 1.44 bits per heavy atom. The predicted molar refractivity (Wildman–Crippen MR) is 64.5 cm³/mol. The summed E-state index contributed by atoms with van der Waals surface area (Å²) in [5, 5.41) is 14.1. The van der Waals surface area contributed by atoms with E-state index in [-0.39, 0.29) is 18.7 Å². The van der Waals surface area contributed by atoms with E-state index in [1.54, 1.807) is 16.9 Å². The van der Waals surface area contributed by atoms with E-state index in [2.05, 4.69) is 5.10 Å². The SMILES string of the molecule is OCc1ccc(F)c2c1cnn2C1CCCCO1. The third-order valence-electron chi connectivity index (χ3n) is 3.40. The molecule has 3 rings (SSSR count). The van der Waals surface area contributed by atoms with E-state index in [1.807, 2.05) is 0 Å². The number of aliphatic hydroxyl groups is 1. The minimum atomic E-state index is -0.325. The lowest BCUT2D eigenvalue weighted by molar-refractivity contribution is -0.0369. The Bertz CT molecular complexity index is 561. The van der Waals surface area contributed by atoms with E-state index in [4.69, 9.17) is 4.74 Å². The van der Waals surface area contributed by atoms with Crippen LogP contribution in [-0.4, -0.2) is 21.5 Å². The first-order chi connectivity index (χ1) is 8.81. The quantitative estimate of drug-likeness (QED) is 0.890. The maximum absolute atomic E-state index is 14.0. The van der Waals surface area contributed by atoms with Crippen LogP contribution in [0.15, 0.2) is 18.3 Å². The molecule has 0 spiro atoms. The molecular weight excluding hydrogens is 235 g/mol. The molecule has 4 nitrogen and oxygen atoms in total. The average molecular weight is 250 g/mol. The highest BCUT2D eigenvalue weighted by molar-refractivity contribution is 5.82. The number of hydrogen-bond donors (Lipinski definition) is 1. The van der Waals surface area contributed by atoms with E-state index in [1.165, 1.54) is 6.07 Å². The highest BCUT2D eigenvalue weighted by Crippen LogP contribution is 2.29. The summed E-state index contributed by atoms with van der Waals surface area (Å²) in [6, 6.07) is 2.96. The fourth-order valence-electron chi connectivity index (χ4n) is 2.45. The summed E-state index contributed by atoms with van der Waals surface area (Å²) in [6.45, 7) is 0.571. The van der Waals surface area contributed by atoms with Gasteiger partial charge < -0.3 is 9.84 Å². The summed E-state index contributed by atoms with van der Waals surface area (Å²) in [5.41, 5.74) is 1.11. The zero-order chi connectivity index (χ0) is 12.5. The molecule has 2 heterocycles. The molecule has 96 valence electrons. The second-order valence-corrected chi connectivity index (χ2v) is 4.54. The maximum atomic E-state index is 14.0. The monoisotopic (exact) mass is 250 g/mol. The Labute approximate surface area is 104 Å². The topological polar surface area (TPSA) is 47.3 Å². The molecule has 1 aromatic heterocycles. The fraction of sp³-hybridized carbons (Fsp3) is 0.462. The molecule has 0 radical (unpaired) electrons. The summed E-state index contributed by atoms with van der Waals surface area (Å²) < 4.78 is 21.2. The first kappa shape index (κ1) is 11.6. The molecule has 5 heteroatoms. The smallest absolute Gasteiger partial charge is 0.150 e. The van der Waals surface area contributed by atoms with Crippen molar-refractivity contribution in [2.24, 2.45) is 0 Å². The van der Waals surface area contributed by atoms with Crippen LogP contribution in [0.3, 0.4) is 0 Å². The Kier molecular flexibility index (Phi) is 3.01. The zero-order valence-electron chi connectivity index (χ0n) is 9.97. The molecule has 1 fully saturated rings. The van der Waals surface area contributed by atoms with E-state index in [0.29, 0.717) is 23.1 Å². The fourth-order valence-corrected chi connectivity index (χ4v) is 2.45. The zero-order valence-corrected chi connectivity index (χ0v) is 9.97. The summed E-state index contributed by atoms with van der Waals surface area (Å²) >= 11 is 0. The van der Waals surface area contributed by atoms with Crippen LogP contribution in [0.1, 0.15) is 31.1 Å². The normalized spacial score (nSPS) is 20.4. The number of rotatable bonds is 2. The molecule has 0 saturated carbocycles. The molecule has 1 aliphatic heterocycles. The molecule has 1 unspecified atom stereocenters. The number of halogens is 1. The van der Waals surface area contributed by atoms with Gasteiger partial charge in [-0.1, -0.05) is 6.07 Å². The molecule has 1 saturated heterocycles. The van der Waals surface area contributed by atoms with Crippen LogP contribution in [0.4, 0.5) is 4.39 Å². The Hall–Kier alpha value is -1.46. The van der Waals surface area contributed by atoms with Crippen LogP contribution in [0.5, 0.6) is 0 Å². The van der Waals surface area contributed by atoms with Crippen molar-refractivity contribution < 1.29 is 14.2 Å². The van der Waals surface area contributed by atoms with Crippen molar-refractivity contribution in [2.45, 2.75) is 32.1 Å². The Balaban J connectivity index is 2.12. The van der Waals surface area contributed by atoms with Gasteiger partial charge in [-0.2, -0.15) is 5.10 Å². The number of fused-ring (bicyclic) bond motifs is 1. The van der Waals surface area contributed by atoms with E-state index in [0.717, 1.165) is 19.3 Å². The minimum absolute atomic E-state index is 0.117. The van der Waals surface area contributed by atoms with Crippen molar-refractivity contribution >= 4 is 10.9 Å². The summed E-state index contributed by atoms with van der Waals surface area (Å²) in [5.74, 6) is -0.325. The summed E-state index contributed by atoms with van der Waals surface area (Å²) in [6.07, 6.45) is 4.36. The number of aromatic nitrogens is 2. The molecule has 1 N–H and O–H groups in total. The predicted octanol–water partition coefficient (Wildman–Crippen LogP) is 2.37. The van der Waals surface area contributed by atoms with Crippen molar-refractivity contribution in [3.05, 3.63) is 29.7 Å². The van der Waals surface area contributed by atoms with Crippen molar-refractivity contribution in [2.75, 3.05) is 6.61 Å². The Morgan fingerprint density at radius 3 is 3.06 bits per heavy atom. The van der Waals surface area contributed by atoms with Gasteiger partial charge in [-0.3, -0.25) is 0 Å². The molecule has 0 bridgehead atoms. The van der Waals surface area contributed by atoms with Crippen LogP contribution < -0.4 is 0 Å². The first-order valence-electron chi connectivity index (χ1n) is 6.18. The minimum Gasteiger partial charge on any atom is -0.392 e. The van der Waals surface area contributed by atoms with Crippen molar-refractivity contribution in [1.82, 2.24) is 9.78 Å². The number of ether oxygens (including phenoxy) is 1. The summed E-state index contributed by atoms with van der Waals surface area (Å²) in [4.78, 5) is 0. The van der Waals surface area contributed by atoms with Gasteiger partial charge in [0.1, 0.15) is 11.3 Å². The Morgan fingerprint density at radius 2 is 2.33 bits per heavy atom. The number of aliphatic hydroxyl groups excluding tert-OH is 1. The lowest BCUT2D eigenvalue weighted by atomic mass is 10.1.